The molecule has 0 radical (unpaired) electrons. The topological polar surface area (TPSA) is 88.6 Å². The summed E-state index contributed by atoms with van der Waals surface area (Å²) in [7, 11) is 1.58. The van der Waals surface area contributed by atoms with Crippen LogP contribution in [-0.2, 0) is 0 Å². The van der Waals surface area contributed by atoms with Gasteiger partial charge in [0.1, 0.15) is 5.69 Å². The number of hydrazone groups is 1. The van der Waals surface area contributed by atoms with Gasteiger partial charge >= 0.3 is 0 Å². The number of methoxy groups -OCH3 is 1. The highest BCUT2D eigenvalue weighted by Gasteiger charge is 2.13. The van der Waals surface area contributed by atoms with Crippen LogP contribution in [0.3, 0.4) is 0 Å². The summed E-state index contributed by atoms with van der Waals surface area (Å²) in [6.45, 7) is 4.37. The van der Waals surface area contributed by atoms with Gasteiger partial charge in [0.05, 0.1) is 25.6 Å². The maximum atomic E-state index is 12.3. The molecule has 0 bridgehead atoms. The second-order valence-electron chi connectivity index (χ2n) is 6.46. The summed E-state index contributed by atoms with van der Waals surface area (Å²) in [5, 5.41) is 11.0. The summed E-state index contributed by atoms with van der Waals surface area (Å²) in [4.78, 5) is 12.3. The lowest BCUT2D eigenvalue weighted by atomic mass is 10.1. The monoisotopic (exact) mass is 404 g/mol. The zero-order valence-corrected chi connectivity index (χ0v) is 17.2. The fourth-order valence-electron chi connectivity index (χ4n) is 2.79. The van der Waals surface area contributed by atoms with E-state index in [1.165, 1.54) is 0 Å². The van der Waals surface area contributed by atoms with Crippen molar-refractivity contribution in [3.63, 3.8) is 0 Å². The van der Waals surface area contributed by atoms with Crippen molar-refractivity contribution in [3.05, 3.63) is 71.4 Å². The number of allylic oxidation sites excluding steroid dienone is 1. The number of ether oxygens (including phenoxy) is 2. The Labute approximate surface area is 175 Å². The van der Waals surface area contributed by atoms with Gasteiger partial charge in [-0.2, -0.15) is 10.2 Å². The van der Waals surface area contributed by atoms with E-state index in [0.29, 0.717) is 29.5 Å². The normalized spacial score (nSPS) is 11.5. The van der Waals surface area contributed by atoms with E-state index in [4.69, 9.17) is 9.47 Å². The molecule has 7 nitrogen and oxygen atoms in total. The highest BCUT2D eigenvalue weighted by atomic mass is 16.5. The first-order valence-corrected chi connectivity index (χ1v) is 9.54. The molecule has 0 spiro atoms. The van der Waals surface area contributed by atoms with E-state index >= 15 is 0 Å². The van der Waals surface area contributed by atoms with Crippen molar-refractivity contribution in [2.24, 2.45) is 5.10 Å². The first-order valence-electron chi connectivity index (χ1n) is 9.54. The Bertz CT molecular complexity index is 1060. The molecule has 0 aliphatic heterocycles. The predicted molar refractivity (Wildman–Crippen MR) is 118 cm³/mol. The third-order valence-corrected chi connectivity index (χ3v) is 4.21. The van der Waals surface area contributed by atoms with Crippen molar-refractivity contribution in [3.8, 4) is 22.8 Å². The fraction of sp³-hybridized carbons (Fsp3) is 0.174. The molecular weight excluding hydrogens is 380 g/mol. The van der Waals surface area contributed by atoms with Crippen molar-refractivity contribution in [2.75, 3.05) is 13.7 Å². The van der Waals surface area contributed by atoms with E-state index in [-0.39, 0.29) is 5.91 Å². The molecule has 2 aromatic carbocycles. The van der Waals surface area contributed by atoms with E-state index < -0.39 is 0 Å². The van der Waals surface area contributed by atoms with Crippen LogP contribution < -0.4 is 14.9 Å². The smallest absolute Gasteiger partial charge is 0.289 e. The number of hydrogen-bond donors (Lipinski definition) is 2. The van der Waals surface area contributed by atoms with Crippen molar-refractivity contribution < 1.29 is 14.3 Å². The van der Waals surface area contributed by atoms with Crippen LogP contribution >= 0.6 is 0 Å². The number of carbonyl (C=O) groups excluding carboxylic acids is 1. The molecule has 0 aliphatic carbocycles. The van der Waals surface area contributed by atoms with Gasteiger partial charge in [0.15, 0.2) is 11.5 Å². The average Bonchev–Trinajstić information content (AvgIpc) is 3.25. The summed E-state index contributed by atoms with van der Waals surface area (Å²) < 4.78 is 10.9. The third kappa shape index (κ3) is 5.35. The SMILES string of the molecule is CCOc1ccc(-c2cc(C(=O)N/N=C\C(C)=C\c3ccccc3)[nH]n2)cc1OC. The number of nitrogens with zero attached hydrogens (tertiary/aromatic N) is 2. The van der Waals surface area contributed by atoms with Crippen LogP contribution in [0.1, 0.15) is 29.9 Å². The highest BCUT2D eigenvalue weighted by Crippen LogP contribution is 2.32. The van der Waals surface area contributed by atoms with Crippen LogP contribution in [0, 0.1) is 0 Å². The van der Waals surface area contributed by atoms with Gasteiger partial charge in [-0.05, 0) is 49.2 Å². The van der Waals surface area contributed by atoms with Gasteiger partial charge in [0.2, 0.25) is 0 Å². The minimum atomic E-state index is -0.379. The first-order chi connectivity index (χ1) is 14.6. The number of aromatic nitrogens is 2. The van der Waals surface area contributed by atoms with Crippen molar-refractivity contribution in [1.82, 2.24) is 15.6 Å². The van der Waals surface area contributed by atoms with E-state index in [9.17, 15) is 4.79 Å². The van der Waals surface area contributed by atoms with Crippen LogP contribution in [0.5, 0.6) is 11.5 Å². The molecule has 0 unspecified atom stereocenters. The van der Waals surface area contributed by atoms with Gasteiger partial charge in [-0.1, -0.05) is 36.4 Å². The van der Waals surface area contributed by atoms with Crippen LogP contribution in [0.15, 0.2) is 65.3 Å². The van der Waals surface area contributed by atoms with Gasteiger partial charge in [0.25, 0.3) is 5.91 Å². The van der Waals surface area contributed by atoms with Crippen LogP contribution in [0.4, 0.5) is 0 Å². The summed E-state index contributed by atoms with van der Waals surface area (Å²) in [6, 6.07) is 17.0. The molecular formula is C23H24N4O3. The summed E-state index contributed by atoms with van der Waals surface area (Å²) in [5.41, 5.74) is 6.20. The van der Waals surface area contributed by atoms with Gasteiger partial charge in [-0.15, -0.1) is 0 Å². The van der Waals surface area contributed by atoms with Gasteiger partial charge in [-0.3, -0.25) is 9.89 Å². The zero-order chi connectivity index (χ0) is 21.3. The second-order valence-corrected chi connectivity index (χ2v) is 6.46. The lowest BCUT2D eigenvalue weighted by Gasteiger charge is -2.09. The molecule has 30 heavy (non-hydrogen) atoms. The van der Waals surface area contributed by atoms with Crippen molar-refractivity contribution in [2.45, 2.75) is 13.8 Å². The fourth-order valence-corrected chi connectivity index (χ4v) is 2.79. The molecule has 1 aromatic heterocycles. The first kappa shape index (κ1) is 20.9. The molecule has 3 aromatic rings. The number of H-pyrrole nitrogens is 1. The summed E-state index contributed by atoms with van der Waals surface area (Å²) >= 11 is 0. The van der Waals surface area contributed by atoms with E-state index in [0.717, 1.165) is 16.7 Å². The molecule has 1 amide bonds. The van der Waals surface area contributed by atoms with E-state index in [2.05, 4.69) is 20.7 Å². The Morgan fingerprint density at radius 1 is 1.17 bits per heavy atom. The molecule has 1 heterocycles. The third-order valence-electron chi connectivity index (χ3n) is 4.21. The zero-order valence-electron chi connectivity index (χ0n) is 17.2. The molecule has 0 atom stereocenters. The molecule has 0 fully saturated rings. The molecule has 7 heteroatoms. The summed E-state index contributed by atoms with van der Waals surface area (Å²) in [6.07, 6.45) is 3.57. The quantitative estimate of drug-likeness (QED) is 0.433. The van der Waals surface area contributed by atoms with Crippen LogP contribution in [-0.4, -0.2) is 36.0 Å². The minimum absolute atomic E-state index is 0.305. The maximum Gasteiger partial charge on any atom is 0.289 e. The molecule has 0 saturated heterocycles. The molecule has 154 valence electrons. The summed E-state index contributed by atoms with van der Waals surface area (Å²) in [5.74, 6) is 0.884. The number of rotatable bonds is 8. The Kier molecular flexibility index (Phi) is 7.00. The number of amides is 1. The Balaban J connectivity index is 1.66. The van der Waals surface area contributed by atoms with Gasteiger partial charge < -0.3 is 9.47 Å². The molecule has 2 N–H and O–H groups in total. The highest BCUT2D eigenvalue weighted by molar-refractivity contribution is 5.94. The number of nitrogens with one attached hydrogen (secondary N) is 2. The molecule has 0 aliphatic rings. The Morgan fingerprint density at radius 2 is 1.97 bits per heavy atom. The minimum Gasteiger partial charge on any atom is -0.493 e. The standard InChI is InChI=1S/C23H24N4O3/c1-4-30-21-11-10-18(13-22(21)29-3)19-14-20(26-25-19)23(28)27-24-15-16(2)12-17-8-6-5-7-9-17/h5-15H,4H2,1-3H3,(H,25,26)(H,27,28)/b16-12+,24-15-. The maximum absolute atomic E-state index is 12.3. The lowest BCUT2D eigenvalue weighted by molar-refractivity contribution is 0.0950. The van der Waals surface area contributed by atoms with E-state index in [1.54, 1.807) is 19.4 Å². The Hall–Kier alpha value is -3.87. The van der Waals surface area contributed by atoms with Crippen molar-refractivity contribution in [1.29, 1.82) is 0 Å². The van der Waals surface area contributed by atoms with Crippen LogP contribution in [0.25, 0.3) is 17.3 Å². The average molecular weight is 404 g/mol. The number of benzene rings is 2. The largest absolute Gasteiger partial charge is 0.493 e. The molecule has 3 rings (SSSR count). The van der Waals surface area contributed by atoms with Crippen LogP contribution in [0.2, 0.25) is 0 Å². The molecule has 0 saturated carbocycles. The van der Waals surface area contributed by atoms with Gasteiger partial charge in [-0.25, -0.2) is 5.43 Å². The Morgan fingerprint density at radius 3 is 2.70 bits per heavy atom. The number of carbonyl (C=O) groups is 1. The van der Waals surface area contributed by atoms with E-state index in [1.807, 2.05) is 68.5 Å². The van der Waals surface area contributed by atoms with Crippen molar-refractivity contribution >= 4 is 18.2 Å². The number of aromatic amines is 1. The second kappa shape index (κ2) is 10.1. The predicted octanol–water partition coefficient (Wildman–Crippen LogP) is 4.30. The lowest BCUT2D eigenvalue weighted by Crippen LogP contribution is -2.17. The van der Waals surface area contributed by atoms with Gasteiger partial charge in [0, 0.05) is 5.56 Å². The number of hydrogen-bond acceptors (Lipinski definition) is 5.